The molecular formula is C18H16BrNO5S. The molecule has 1 aliphatic heterocycles. The summed E-state index contributed by atoms with van der Waals surface area (Å²) in [6.45, 7) is 3.44. The molecule has 2 amide bonds. The molecule has 1 aromatic rings. The van der Waals surface area contributed by atoms with Crippen LogP contribution in [0.15, 0.2) is 27.6 Å². The number of carbonyl (C=O) groups excluding carboxylic acids is 3. The highest BCUT2D eigenvalue weighted by Gasteiger charge is 2.41. The van der Waals surface area contributed by atoms with Gasteiger partial charge in [0.15, 0.2) is 0 Å². The maximum Gasteiger partial charge on any atom is 0.329 e. The molecule has 0 bridgehead atoms. The van der Waals surface area contributed by atoms with Crippen LogP contribution in [0.4, 0.5) is 4.79 Å². The van der Waals surface area contributed by atoms with Crippen molar-refractivity contribution in [3.05, 3.63) is 33.1 Å². The zero-order chi connectivity index (χ0) is 19.3. The van der Waals surface area contributed by atoms with E-state index < -0.39 is 23.2 Å². The molecule has 1 fully saturated rings. The number of terminal acetylenes is 1. The Morgan fingerprint density at radius 3 is 2.81 bits per heavy atom. The van der Waals surface area contributed by atoms with Crippen molar-refractivity contribution < 1.29 is 23.9 Å². The summed E-state index contributed by atoms with van der Waals surface area (Å²) in [5, 5.41) is -0.505. The monoisotopic (exact) mass is 437 g/mol. The van der Waals surface area contributed by atoms with Crippen LogP contribution >= 0.6 is 27.7 Å². The maximum atomic E-state index is 12.5. The van der Waals surface area contributed by atoms with E-state index in [0.717, 1.165) is 16.7 Å². The normalized spacial score (nSPS) is 16.5. The number of esters is 1. The van der Waals surface area contributed by atoms with Gasteiger partial charge < -0.3 is 9.47 Å². The van der Waals surface area contributed by atoms with Crippen LogP contribution in [0.1, 0.15) is 19.4 Å². The van der Waals surface area contributed by atoms with Crippen molar-refractivity contribution in [2.45, 2.75) is 19.9 Å². The first-order valence-corrected chi connectivity index (χ1v) is 9.29. The van der Waals surface area contributed by atoms with Crippen molar-refractivity contribution in [3.63, 3.8) is 0 Å². The van der Waals surface area contributed by atoms with Crippen LogP contribution < -0.4 is 4.74 Å². The molecule has 1 aliphatic rings. The molecule has 0 N–H and O–H groups in total. The number of halogens is 1. The third kappa shape index (κ3) is 4.48. The molecule has 0 aromatic heterocycles. The van der Waals surface area contributed by atoms with E-state index in [2.05, 4.69) is 21.9 Å². The van der Waals surface area contributed by atoms with Gasteiger partial charge in [-0.2, -0.15) is 0 Å². The van der Waals surface area contributed by atoms with Gasteiger partial charge >= 0.3 is 5.97 Å². The number of nitrogens with zero attached hydrogens (tertiary/aromatic N) is 1. The highest BCUT2D eigenvalue weighted by atomic mass is 79.9. The Labute approximate surface area is 164 Å². The van der Waals surface area contributed by atoms with E-state index in [1.165, 1.54) is 6.92 Å². The minimum absolute atomic E-state index is 0.141. The van der Waals surface area contributed by atoms with Crippen LogP contribution in [0.25, 0.3) is 6.08 Å². The molecule has 0 aliphatic carbocycles. The number of hydrogen-bond donors (Lipinski definition) is 0. The number of benzene rings is 1. The fourth-order valence-corrected chi connectivity index (χ4v) is 3.60. The molecule has 1 atom stereocenters. The largest absolute Gasteiger partial charge is 0.480 e. The quantitative estimate of drug-likeness (QED) is 0.385. The SMILES string of the molecule is C#CCOc1ccc(/C=C2/SC(=O)N([C@H](C)C(=O)OCC)C2=O)cc1Br. The predicted molar refractivity (Wildman–Crippen MR) is 102 cm³/mol. The van der Waals surface area contributed by atoms with Crippen LogP contribution in [-0.4, -0.2) is 41.3 Å². The van der Waals surface area contributed by atoms with Crippen molar-refractivity contribution in [1.29, 1.82) is 0 Å². The zero-order valence-electron chi connectivity index (χ0n) is 14.2. The highest BCUT2D eigenvalue weighted by Crippen LogP contribution is 2.35. The Hall–Kier alpha value is -2.24. The number of imide groups is 1. The molecule has 0 saturated carbocycles. The summed E-state index contributed by atoms with van der Waals surface area (Å²) in [5.41, 5.74) is 0.694. The number of amides is 2. The van der Waals surface area contributed by atoms with Gasteiger partial charge in [-0.15, -0.1) is 6.42 Å². The summed E-state index contributed by atoms with van der Waals surface area (Å²) < 4.78 is 10.9. The summed E-state index contributed by atoms with van der Waals surface area (Å²) in [4.78, 5) is 37.6. The molecule has 8 heteroatoms. The van der Waals surface area contributed by atoms with Gasteiger partial charge in [-0.1, -0.05) is 12.0 Å². The standard InChI is InChI=1S/C18H16BrNO5S/c1-4-8-25-14-7-6-12(9-13(14)19)10-15-16(21)20(18(23)26-15)11(3)17(22)24-5-2/h1,6-7,9-11H,5,8H2,2-3H3/b15-10+/t11-/m1/s1. The van der Waals surface area contributed by atoms with E-state index in [0.29, 0.717) is 15.8 Å². The van der Waals surface area contributed by atoms with E-state index in [9.17, 15) is 14.4 Å². The van der Waals surface area contributed by atoms with E-state index >= 15 is 0 Å². The number of carbonyl (C=O) groups is 3. The molecule has 1 saturated heterocycles. The molecule has 26 heavy (non-hydrogen) atoms. The molecule has 1 heterocycles. The van der Waals surface area contributed by atoms with Crippen LogP contribution in [0, 0.1) is 12.3 Å². The lowest BCUT2D eigenvalue weighted by molar-refractivity contribution is -0.150. The number of thioether (sulfide) groups is 1. The first-order valence-electron chi connectivity index (χ1n) is 7.68. The highest BCUT2D eigenvalue weighted by molar-refractivity contribution is 9.10. The van der Waals surface area contributed by atoms with Gasteiger partial charge in [0, 0.05) is 0 Å². The lowest BCUT2D eigenvalue weighted by Crippen LogP contribution is -2.42. The summed E-state index contributed by atoms with van der Waals surface area (Å²) >= 11 is 4.15. The minimum atomic E-state index is -0.973. The maximum absolute atomic E-state index is 12.5. The summed E-state index contributed by atoms with van der Waals surface area (Å²) in [7, 11) is 0. The van der Waals surface area contributed by atoms with Crippen molar-refractivity contribution in [2.75, 3.05) is 13.2 Å². The Bertz CT molecular complexity index is 814. The summed E-state index contributed by atoms with van der Waals surface area (Å²) in [5.74, 6) is 1.81. The molecule has 0 unspecified atom stereocenters. The van der Waals surface area contributed by atoms with Crippen molar-refractivity contribution >= 4 is 50.9 Å². The number of rotatable bonds is 6. The van der Waals surface area contributed by atoms with Gasteiger partial charge in [0.2, 0.25) is 0 Å². The van der Waals surface area contributed by atoms with Gasteiger partial charge in [-0.25, -0.2) is 4.79 Å². The third-order valence-corrected chi connectivity index (χ3v) is 4.91. The van der Waals surface area contributed by atoms with Crippen molar-refractivity contribution in [2.24, 2.45) is 0 Å². The van der Waals surface area contributed by atoms with E-state index in [1.807, 2.05) is 0 Å². The van der Waals surface area contributed by atoms with Gasteiger partial charge in [-0.3, -0.25) is 14.5 Å². The first kappa shape index (κ1) is 20.1. The molecule has 6 nitrogen and oxygen atoms in total. The lowest BCUT2D eigenvalue weighted by Gasteiger charge is -2.19. The second kappa shape index (κ2) is 8.92. The Kier molecular flexibility index (Phi) is 6.89. The fourth-order valence-electron chi connectivity index (χ4n) is 2.18. The lowest BCUT2D eigenvalue weighted by atomic mass is 10.2. The van der Waals surface area contributed by atoms with Crippen LogP contribution in [0.2, 0.25) is 0 Å². The minimum Gasteiger partial charge on any atom is -0.480 e. The second-order valence-corrected chi connectivity index (χ2v) is 7.01. The first-order chi connectivity index (χ1) is 12.4. The molecule has 2 rings (SSSR count). The summed E-state index contributed by atoms with van der Waals surface area (Å²) in [6.07, 6.45) is 6.74. The van der Waals surface area contributed by atoms with E-state index in [1.54, 1.807) is 31.2 Å². The Balaban J connectivity index is 2.21. The van der Waals surface area contributed by atoms with Gasteiger partial charge in [0.1, 0.15) is 18.4 Å². The van der Waals surface area contributed by atoms with Gasteiger partial charge in [-0.05, 0) is 65.3 Å². The zero-order valence-corrected chi connectivity index (χ0v) is 16.6. The average Bonchev–Trinajstić information content (AvgIpc) is 2.87. The van der Waals surface area contributed by atoms with E-state index in [-0.39, 0.29) is 18.1 Å². The van der Waals surface area contributed by atoms with Crippen molar-refractivity contribution in [1.82, 2.24) is 4.90 Å². The summed E-state index contributed by atoms with van der Waals surface area (Å²) in [6, 6.07) is 4.21. The Morgan fingerprint density at radius 2 is 2.19 bits per heavy atom. The Morgan fingerprint density at radius 1 is 1.46 bits per heavy atom. The molecule has 1 aromatic carbocycles. The molecule has 136 valence electrons. The van der Waals surface area contributed by atoms with Gasteiger partial charge in [0.25, 0.3) is 11.1 Å². The smallest absolute Gasteiger partial charge is 0.329 e. The van der Waals surface area contributed by atoms with Gasteiger partial charge in [0.05, 0.1) is 16.0 Å². The third-order valence-electron chi connectivity index (χ3n) is 3.40. The van der Waals surface area contributed by atoms with E-state index in [4.69, 9.17) is 15.9 Å². The molecule has 0 spiro atoms. The van der Waals surface area contributed by atoms with Crippen LogP contribution in [0.5, 0.6) is 5.75 Å². The molecule has 0 radical (unpaired) electrons. The van der Waals surface area contributed by atoms with Crippen molar-refractivity contribution in [3.8, 4) is 18.1 Å². The van der Waals surface area contributed by atoms with Crippen LogP contribution in [0.3, 0.4) is 0 Å². The second-order valence-electron chi connectivity index (χ2n) is 5.16. The van der Waals surface area contributed by atoms with Crippen LogP contribution in [-0.2, 0) is 14.3 Å². The average molecular weight is 438 g/mol. The predicted octanol–water partition coefficient (Wildman–Crippen LogP) is 3.45. The number of hydrogen-bond acceptors (Lipinski definition) is 6. The molecular weight excluding hydrogens is 422 g/mol. The topological polar surface area (TPSA) is 72.9 Å². The fraction of sp³-hybridized carbons (Fsp3) is 0.278. The number of ether oxygens (including phenoxy) is 2.